The number of carboxylic acid groups (broad SMARTS) is 1. The normalized spacial score (nSPS) is 10.3. The number of aromatic carboxylic acids is 1. The second-order valence-electron chi connectivity index (χ2n) is 3.54. The molecule has 2 aromatic carbocycles. The van der Waals surface area contributed by atoms with Crippen molar-refractivity contribution in [1.29, 1.82) is 0 Å². The smallest absolute Gasteiger partial charge is 0.337 e. The van der Waals surface area contributed by atoms with Crippen LogP contribution in [0.4, 0.5) is 0 Å². The minimum atomic E-state index is -1.05. The molecule has 0 bridgehead atoms. The summed E-state index contributed by atoms with van der Waals surface area (Å²) in [6.45, 7) is 0. The summed E-state index contributed by atoms with van der Waals surface area (Å²) < 4.78 is 0. The Kier molecular flexibility index (Phi) is 3.79. The van der Waals surface area contributed by atoms with E-state index >= 15 is 0 Å². The Balaban J connectivity index is 2.27. The predicted octanol–water partition coefficient (Wildman–Crippen LogP) is 3.90. The van der Waals surface area contributed by atoms with Gasteiger partial charge < -0.3 is 10.2 Å². The van der Waals surface area contributed by atoms with E-state index in [0.29, 0.717) is 0 Å². The van der Waals surface area contributed by atoms with Crippen LogP contribution in [0.15, 0.2) is 52.3 Å². The highest BCUT2D eigenvalue weighted by Gasteiger charge is 2.09. The lowest BCUT2D eigenvalue weighted by Gasteiger charge is -2.04. The number of carboxylic acids is 1. The van der Waals surface area contributed by atoms with Gasteiger partial charge in [-0.3, -0.25) is 0 Å². The van der Waals surface area contributed by atoms with Gasteiger partial charge in [-0.2, -0.15) is 0 Å². The fourth-order valence-electron chi connectivity index (χ4n) is 1.38. The maximum atomic E-state index is 10.9. The Labute approximate surface area is 113 Å². The van der Waals surface area contributed by atoms with Crippen LogP contribution in [0, 0.1) is 0 Å². The molecular weight excluding hydrogens is 272 g/mol. The molecule has 0 radical (unpaired) electrons. The number of hydrogen-bond donors (Lipinski definition) is 2. The van der Waals surface area contributed by atoms with Gasteiger partial charge in [0, 0.05) is 9.79 Å². The number of phenolic OH excluding ortho intramolecular Hbond substituents is 1. The zero-order valence-corrected chi connectivity index (χ0v) is 10.7. The maximum Gasteiger partial charge on any atom is 0.337 e. The van der Waals surface area contributed by atoms with Gasteiger partial charge in [-0.1, -0.05) is 23.4 Å². The second kappa shape index (κ2) is 5.33. The summed E-state index contributed by atoms with van der Waals surface area (Å²) in [4.78, 5) is 12.6. The third-order valence-corrected chi connectivity index (χ3v) is 3.57. The molecule has 5 heteroatoms. The molecule has 92 valence electrons. The average Bonchev–Trinajstić information content (AvgIpc) is 2.34. The van der Waals surface area contributed by atoms with E-state index in [2.05, 4.69) is 0 Å². The van der Waals surface area contributed by atoms with Crippen molar-refractivity contribution in [3.8, 4) is 5.75 Å². The minimum Gasteiger partial charge on any atom is -0.508 e. The van der Waals surface area contributed by atoms with Crippen molar-refractivity contribution in [3.05, 3.63) is 53.1 Å². The highest BCUT2D eigenvalue weighted by Crippen LogP contribution is 2.31. The number of aromatic hydroxyl groups is 1. The lowest BCUT2D eigenvalue weighted by Crippen LogP contribution is -1.97. The molecule has 2 aromatic rings. The third-order valence-electron chi connectivity index (χ3n) is 2.24. The van der Waals surface area contributed by atoms with Crippen LogP contribution in [0.5, 0.6) is 5.75 Å². The number of halogens is 1. The van der Waals surface area contributed by atoms with Crippen LogP contribution in [0.2, 0.25) is 5.02 Å². The van der Waals surface area contributed by atoms with E-state index < -0.39 is 5.97 Å². The van der Waals surface area contributed by atoms with Gasteiger partial charge in [0.1, 0.15) is 5.75 Å². The summed E-state index contributed by atoms with van der Waals surface area (Å²) in [5.41, 5.74) is 0.0837. The van der Waals surface area contributed by atoms with Gasteiger partial charge in [0.25, 0.3) is 0 Å². The lowest BCUT2D eigenvalue weighted by atomic mass is 10.2. The van der Waals surface area contributed by atoms with Crippen molar-refractivity contribution in [2.45, 2.75) is 9.79 Å². The van der Waals surface area contributed by atoms with E-state index in [1.807, 2.05) is 0 Å². The van der Waals surface area contributed by atoms with Crippen LogP contribution in [0.3, 0.4) is 0 Å². The molecule has 0 atom stereocenters. The van der Waals surface area contributed by atoms with E-state index in [4.69, 9.17) is 16.7 Å². The molecule has 0 aliphatic heterocycles. The minimum absolute atomic E-state index is 0.0837. The summed E-state index contributed by atoms with van der Waals surface area (Å²) in [5, 5.41) is 18.4. The molecule has 2 N–H and O–H groups in total. The Morgan fingerprint density at radius 3 is 2.28 bits per heavy atom. The first-order valence-electron chi connectivity index (χ1n) is 5.06. The summed E-state index contributed by atoms with van der Waals surface area (Å²) in [6.07, 6.45) is 0. The quantitative estimate of drug-likeness (QED) is 0.895. The van der Waals surface area contributed by atoms with Crippen LogP contribution in [-0.2, 0) is 0 Å². The molecule has 0 aliphatic rings. The summed E-state index contributed by atoms with van der Waals surface area (Å²) in [5.74, 6) is -0.852. The van der Waals surface area contributed by atoms with Crippen molar-refractivity contribution in [2.75, 3.05) is 0 Å². The molecular formula is C13H9ClO3S. The zero-order valence-electron chi connectivity index (χ0n) is 9.13. The summed E-state index contributed by atoms with van der Waals surface area (Å²) >= 11 is 7.20. The van der Waals surface area contributed by atoms with Gasteiger partial charge in [-0.15, -0.1) is 0 Å². The maximum absolute atomic E-state index is 10.9. The Morgan fingerprint density at radius 2 is 1.67 bits per heavy atom. The highest BCUT2D eigenvalue weighted by molar-refractivity contribution is 7.99. The molecule has 0 unspecified atom stereocenters. The number of rotatable bonds is 3. The van der Waals surface area contributed by atoms with Crippen molar-refractivity contribution in [2.24, 2.45) is 0 Å². The van der Waals surface area contributed by atoms with Gasteiger partial charge in [-0.05, 0) is 42.5 Å². The number of carbonyl (C=O) groups is 1. The summed E-state index contributed by atoms with van der Waals surface area (Å²) in [7, 11) is 0. The predicted molar refractivity (Wildman–Crippen MR) is 70.6 cm³/mol. The van der Waals surface area contributed by atoms with E-state index in [1.54, 1.807) is 36.4 Å². The fourth-order valence-corrected chi connectivity index (χ4v) is 2.44. The van der Waals surface area contributed by atoms with Crippen LogP contribution in [0.1, 0.15) is 10.4 Å². The highest BCUT2D eigenvalue weighted by atomic mass is 35.5. The Hall–Kier alpha value is -1.65. The van der Waals surface area contributed by atoms with Gasteiger partial charge in [0.05, 0.1) is 10.6 Å². The topological polar surface area (TPSA) is 57.5 Å². The first kappa shape index (κ1) is 12.8. The largest absolute Gasteiger partial charge is 0.508 e. The zero-order chi connectivity index (χ0) is 13.1. The average molecular weight is 281 g/mol. The molecule has 18 heavy (non-hydrogen) atoms. The molecule has 0 amide bonds. The fraction of sp³-hybridized carbons (Fsp3) is 0. The van der Waals surface area contributed by atoms with Crippen molar-refractivity contribution >= 4 is 29.3 Å². The van der Waals surface area contributed by atoms with Crippen LogP contribution in [0.25, 0.3) is 0 Å². The molecule has 0 aromatic heterocycles. The molecule has 0 saturated heterocycles. The molecule has 0 saturated carbocycles. The van der Waals surface area contributed by atoms with Crippen molar-refractivity contribution < 1.29 is 15.0 Å². The third kappa shape index (κ3) is 2.97. The molecule has 0 fully saturated rings. The molecule has 2 rings (SSSR count). The molecule has 0 spiro atoms. The standard InChI is InChI=1S/C13H9ClO3S/c14-12-6-5-10(7-11(12)13(16)17)18-9-3-1-8(15)2-4-9/h1-7,15H,(H,16,17). The molecule has 3 nitrogen and oxygen atoms in total. The van der Waals surface area contributed by atoms with Gasteiger partial charge in [0.15, 0.2) is 0 Å². The second-order valence-corrected chi connectivity index (χ2v) is 5.10. The van der Waals surface area contributed by atoms with E-state index in [-0.39, 0.29) is 16.3 Å². The number of phenols is 1. The van der Waals surface area contributed by atoms with Gasteiger partial charge >= 0.3 is 5.97 Å². The molecule has 0 aliphatic carbocycles. The Morgan fingerprint density at radius 1 is 1.06 bits per heavy atom. The van der Waals surface area contributed by atoms with E-state index in [9.17, 15) is 9.90 Å². The first-order valence-corrected chi connectivity index (χ1v) is 6.25. The monoisotopic (exact) mass is 280 g/mol. The summed E-state index contributed by atoms with van der Waals surface area (Å²) in [6, 6.07) is 11.5. The molecule has 0 heterocycles. The van der Waals surface area contributed by atoms with E-state index in [0.717, 1.165) is 9.79 Å². The number of hydrogen-bond acceptors (Lipinski definition) is 3. The van der Waals surface area contributed by atoms with Crippen molar-refractivity contribution in [3.63, 3.8) is 0 Å². The van der Waals surface area contributed by atoms with Crippen LogP contribution in [-0.4, -0.2) is 16.2 Å². The first-order chi connectivity index (χ1) is 8.56. The van der Waals surface area contributed by atoms with Crippen LogP contribution >= 0.6 is 23.4 Å². The number of benzene rings is 2. The van der Waals surface area contributed by atoms with Gasteiger partial charge in [-0.25, -0.2) is 4.79 Å². The van der Waals surface area contributed by atoms with E-state index in [1.165, 1.54) is 17.8 Å². The van der Waals surface area contributed by atoms with Crippen LogP contribution < -0.4 is 0 Å². The SMILES string of the molecule is O=C(O)c1cc(Sc2ccc(O)cc2)ccc1Cl. The lowest BCUT2D eigenvalue weighted by molar-refractivity contribution is 0.0697. The van der Waals surface area contributed by atoms with Crippen molar-refractivity contribution in [1.82, 2.24) is 0 Å². The van der Waals surface area contributed by atoms with Gasteiger partial charge in [0.2, 0.25) is 0 Å². The Bertz CT molecular complexity index is 581.